The summed E-state index contributed by atoms with van der Waals surface area (Å²) in [5.74, 6) is 0.998. The van der Waals surface area contributed by atoms with Crippen LogP contribution in [0.3, 0.4) is 0 Å². The normalized spacial score (nSPS) is 23.3. The molecule has 2 saturated carbocycles. The third kappa shape index (κ3) is 1.97. The standard InChI is InChI=1S/C17H25NO/c1-13-5-6-14(9-15(13)19-2)17(12-18)10-16(11-17)7-3-4-8-16/h5-6,9H,3-4,7-8,10-12,18H2,1-2H3. The van der Waals surface area contributed by atoms with E-state index in [0.717, 1.165) is 12.3 Å². The van der Waals surface area contributed by atoms with Crippen molar-refractivity contribution >= 4 is 0 Å². The highest BCUT2D eigenvalue weighted by Crippen LogP contribution is 2.62. The smallest absolute Gasteiger partial charge is 0.122 e. The van der Waals surface area contributed by atoms with Crippen molar-refractivity contribution in [3.63, 3.8) is 0 Å². The van der Waals surface area contributed by atoms with Crippen LogP contribution in [-0.2, 0) is 5.41 Å². The van der Waals surface area contributed by atoms with Gasteiger partial charge in [0.05, 0.1) is 7.11 Å². The first kappa shape index (κ1) is 13.0. The first-order valence-electron chi connectivity index (χ1n) is 7.48. The molecule has 0 aliphatic heterocycles. The van der Waals surface area contributed by atoms with Crippen molar-refractivity contribution < 1.29 is 4.74 Å². The Bertz CT molecular complexity index is 466. The molecule has 0 atom stereocenters. The molecule has 1 aromatic rings. The van der Waals surface area contributed by atoms with E-state index >= 15 is 0 Å². The molecule has 1 aromatic carbocycles. The van der Waals surface area contributed by atoms with Crippen LogP contribution >= 0.6 is 0 Å². The Hall–Kier alpha value is -1.02. The molecule has 2 fully saturated rings. The fraction of sp³-hybridized carbons (Fsp3) is 0.647. The fourth-order valence-corrected chi connectivity index (χ4v) is 4.48. The van der Waals surface area contributed by atoms with Crippen molar-refractivity contribution in [2.75, 3.05) is 13.7 Å². The second-order valence-corrected chi connectivity index (χ2v) is 6.73. The van der Waals surface area contributed by atoms with Gasteiger partial charge in [-0.05, 0) is 55.2 Å². The summed E-state index contributed by atoms with van der Waals surface area (Å²) in [6.07, 6.45) is 8.22. The Kier molecular flexibility index (Phi) is 3.09. The molecule has 2 heteroatoms. The van der Waals surface area contributed by atoms with Gasteiger partial charge < -0.3 is 10.5 Å². The van der Waals surface area contributed by atoms with E-state index in [1.165, 1.54) is 49.7 Å². The van der Waals surface area contributed by atoms with Gasteiger partial charge in [0.25, 0.3) is 0 Å². The average molecular weight is 259 g/mol. The molecule has 19 heavy (non-hydrogen) atoms. The van der Waals surface area contributed by atoms with E-state index in [-0.39, 0.29) is 5.41 Å². The Balaban J connectivity index is 1.87. The van der Waals surface area contributed by atoms with Gasteiger partial charge in [-0.3, -0.25) is 0 Å². The minimum absolute atomic E-state index is 0.214. The zero-order chi connectivity index (χ0) is 13.5. The number of nitrogens with two attached hydrogens (primary N) is 1. The number of benzene rings is 1. The molecule has 0 aromatic heterocycles. The first-order valence-corrected chi connectivity index (χ1v) is 7.48. The van der Waals surface area contributed by atoms with Crippen LogP contribution < -0.4 is 10.5 Å². The molecule has 2 N–H and O–H groups in total. The van der Waals surface area contributed by atoms with E-state index in [1.54, 1.807) is 7.11 Å². The van der Waals surface area contributed by atoms with Gasteiger partial charge in [0, 0.05) is 12.0 Å². The second kappa shape index (κ2) is 4.52. The van der Waals surface area contributed by atoms with Crippen molar-refractivity contribution in [1.82, 2.24) is 0 Å². The topological polar surface area (TPSA) is 35.2 Å². The van der Waals surface area contributed by atoms with Crippen molar-refractivity contribution in [2.45, 2.75) is 50.9 Å². The molecule has 2 nitrogen and oxygen atoms in total. The summed E-state index contributed by atoms with van der Waals surface area (Å²) in [5.41, 5.74) is 9.56. The lowest BCUT2D eigenvalue weighted by Gasteiger charge is -2.55. The summed E-state index contributed by atoms with van der Waals surface area (Å²) >= 11 is 0. The largest absolute Gasteiger partial charge is 0.496 e. The van der Waals surface area contributed by atoms with E-state index in [4.69, 9.17) is 10.5 Å². The molecule has 0 unspecified atom stereocenters. The van der Waals surface area contributed by atoms with Gasteiger partial charge in [0.15, 0.2) is 0 Å². The maximum Gasteiger partial charge on any atom is 0.122 e. The molecule has 0 amide bonds. The van der Waals surface area contributed by atoms with E-state index < -0.39 is 0 Å². The zero-order valence-corrected chi connectivity index (χ0v) is 12.2. The Morgan fingerprint density at radius 3 is 2.47 bits per heavy atom. The predicted molar refractivity (Wildman–Crippen MR) is 78.6 cm³/mol. The minimum Gasteiger partial charge on any atom is -0.496 e. The van der Waals surface area contributed by atoms with E-state index in [1.807, 2.05) is 0 Å². The van der Waals surface area contributed by atoms with Crippen LogP contribution in [0.2, 0.25) is 0 Å². The van der Waals surface area contributed by atoms with Gasteiger partial charge in [0.2, 0.25) is 0 Å². The molecule has 0 radical (unpaired) electrons. The summed E-state index contributed by atoms with van der Waals surface area (Å²) in [6, 6.07) is 6.64. The number of methoxy groups -OCH3 is 1. The quantitative estimate of drug-likeness (QED) is 0.901. The highest BCUT2D eigenvalue weighted by molar-refractivity contribution is 5.42. The maximum absolute atomic E-state index is 6.14. The molecule has 0 heterocycles. The molecular formula is C17H25NO. The number of hydrogen-bond donors (Lipinski definition) is 1. The van der Waals surface area contributed by atoms with Gasteiger partial charge >= 0.3 is 0 Å². The van der Waals surface area contributed by atoms with Gasteiger partial charge in [-0.2, -0.15) is 0 Å². The van der Waals surface area contributed by atoms with Crippen LogP contribution in [0.5, 0.6) is 5.75 Å². The molecule has 2 aliphatic carbocycles. The molecule has 1 spiro atoms. The van der Waals surface area contributed by atoms with Gasteiger partial charge in [0.1, 0.15) is 5.75 Å². The lowest BCUT2D eigenvalue weighted by Crippen LogP contribution is -2.52. The number of hydrogen-bond acceptors (Lipinski definition) is 2. The van der Waals surface area contributed by atoms with Crippen LogP contribution in [0, 0.1) is 12.3 Å². The summed E-state index contributed by atoms with van der Waals surface area (Å²) in [4.78, 5) is 0. The Morgan fingerprint density at radius 1 is 1.21 bits per heavy atom. The van der Waals surface area contributed by atoms with Crippen LogP contribution in [0.15, 0.2) is 18.2 Å². The molecule has 104 valence electrons. The second-order valence-electron chi connectivity index (χ2n) is 6.73. The number of ether oxygens (including phenoxy) is 1. The third-order valence-corrected chi connectivity index (χ3v) is 5.50. The summed E-state index contributed by atoms with van der Waals surface area (Å²) in [6.45, 7) is 2.86. The highest BCUT2D eigenvalue weighted by atomic mass is 16.5. The molecule has 3 rings (SSSR count). The monoisotopic (exact) mass is 259 g/mol. The van der Waals surface area contributed by atoms with Gasteiger partial charge in [-0.25, -0.2) is 0 Å². The SMILES string of the molecule is COc1cc(C2(CN)CC3(CCCC3)C2)ccc1C. The molecule has 0 saturated heterocycles. The van der Waals surface area contributed by atoms with Crippen molar-refractivity contribution in [2.24, 2.45) is 11.1 Å². The van der Waals surface area contributed by atoms with Gasteiger partial charge in [-0.15, -0.1) is 0 Å². The molecule has 0 bridgehead atoms. The van der Waals surface area contributed by atoms with Crippen molar-refractivity contribution in [3.8, 4) is 5.75 Å². The van der Waals surface area contributed by atoms with Crippen LogP contribution in [-0.4, -0.2) is 13.7 Å². The van der Waals surface area contributed by atoms with E-state index in [2.05, 4.69) is 25.1 Å². The Labute approximate surface area is 116 Å². The summed E-state index contributed by atoms with van der Waals surface area (Å²) in [7, 11) is 1.75. The molecule has 2 aliphatic rings. The third-order valence-electron chi connectivity index (χ3n) is 5.50. The van der Waals surface area contributed by atoms with E-state index in [0.29, 0.717) is 5.41 Å². The van der Waals surface area contributed by atoms with Crippen LogP contribution in [0.1, 0.15) is 49.7 Å². The minimum atomic E-state index is 0.214. The highest BCUT2D eigenvalue weighted by Gasteiger charge is 2.55. The van der Waals surface area contributed by atoms with E-state index in [9.17, 15) is 0 Å². The number of aryl methyl sites for hydroxylation is 1. The van der Waals surface area contributed by atoms with Crippen LogP contribution in [0.4, 0.5) is 0 Å². The van der Waals surface area contributed by atoms with Crippen LogP contribution in [0.25, 0.3) is 0 Å². The van der Waals surface area contributed by atoms with Gasteiger partial charge in [-0.1, -0.05) is 25.0 Å². The Morgan fingerprint density at radius 2 is 1.89 bits per heavy atom. The summed E-state index contributed by atoms with van der Waals surface area (Å²) in [5, 5.41) is 0. The average Bonchev–Trinajstić information content (AvgIpc) is 2.86. The zero-order valence-electron chi connectivity index (χ0n) is 12.2. The fourth-order valence-electron chi connectivity index (χ4n) is 4.48. The lowest BCUT2D eigenvalue weighted by molar-refractivity contribution is 0.0327. The maximum atomic E-state index is 6.14. The molecular weight excluding hydrogens is 234 g/mol. The summed E-state index contributed by atoms with van der Waals surface area (Å²) < 4.78 is 5.47. The van der Waals surface area contributed by atoms with Crippen molar-refractivity contribution in [1.29, 1.82) is 0 Å². The predicted octanol–water partition coefficient (Wildman–Crippen LogP) is 3.55. The lowest BCUT2D eigenvalue weighted by atomic mass is 9.49. The number of rotatable bonds is 3. The first-order chi connectivity index (χ1) is 9.13. The van der Waals surface area contributed by atoms with Crippen molar-refractivity contribution in [3.05, 3.63) is 29.3 Å².